The van der Waals surface area contributed by atoms with Gasteiger partial charge in [-0.05, 0) is 93.0 Å². The molecule has 0 aliphatic heterocycles. The van der Waals surface area contributed by atoms with Crippen molar-refractivity contribution in [3.05, 3.63) is 48.6 Å². The maximum absolute atomic E-state index is 11.6. The molecule has 0 aliphatic rings. The van der Waals surface area contributed by atoms with Crippen LogP contribution in [0.15, 0.2) is 48.6 Å². The number of carbonyl (C=O) groups excluding carboxylic acids is 4. The zero-order valence-corrected chi connectivity index (χ0v) is 32.9. The first kappa shape index (κ1) is 47.5. The van der Waals surface area contributed by atoms with Crippen LogP contribution in [0.4, 0.5) is 0 Å². The highest BCUT2D eigenvalue weighted by Crippen LogP contribution is 2.29. The summed E-state index contributed by atoms with van der Waals surface area (Å²) in [4.78, 5) is 41.0. The second-order valence-electron chi connectivity index (χ2n) is 12.8. The van der Waals surface area contributed by atoms with Gasteiger partial charge in [-0.15, -0.1) is 0 Å². The van der Waals surface area contributed by atoms with Crippen molar-refractivity contribution in [3.8, 4) is 0 Å². The fraction of sp³-hybridized carbons (Fsp3) is 0.571. The number of hydrogen-bond donors (Lipinski definition) is 3. The minimum atomic E-state index is -2.83. The fourth-order valence-corrected chi connectivity index (χ4v) is 16.8. The van der Waals surface area contributed by atoms with Crippen molar-refractivity contribution < 1.29 is 36.3 Å². The van der Waals surface area contributed by atoms with Crippen LogP contribution in [0.3, 0.4) is 0 Å². The van der Waals surface area contributed by atoms with Gasteiger partial charge in [0, 0.05) is 28.3 Å². The van der Waals surface area contributed by atoms with E-state index in [9.17, 15) is 19.2 Å². The molecule has 11 nitrogen and oxygen atoms in total. The molecule has 43 heavy (non-hydrogen) atoms. The highest BCUT2D eigenvalue weighted by molar-refractivity contribution is 6.90. The van der Waals surface area contributed by atoms with Crippen molar-refractivity contribution in [1.29, 1.82) is 0 Å². The van der Waals surface area contributed by atoms with E-state index < -0.39 is 51.5 Å². The number of carbonyl (C=O) groups is 4. The molecule has 3 amide bonds. The molecule has 0 aromatic rings. The highest BCUT2D eigenvalue weighted by atomic mass is 28.5. The molecule has 6 N–H and O–H groups in total. The summed E-state index contributed by atoms with van der Waals surface area (Å²) in [6.07, 6.45) is 0.671. The van der Waals surface area contributed by atoms with Crippen molar-refractivity contribution in [2.75, 3.05) is 6.61 Å². The Morgan fingerprint density at radius 2 is 0.767 bits per heavy atom. The van der Waals surface area contributed by atoms with Crippen LogP contribution in [-0.4, -0.2) is 64.1 Å². The molecular weight excluding hydrogens is 619 g/mol. The maximum atomic E-state index is 11.6. The molecule has 0 rings (SSSR count). The molecule has 0 spiro atoms. The van der Waals surface area contributed by atoms with Crippen molar-refractivity contribution in [2.24, 2.45) is 17.2 Å². The molecular formula is C28H59N3O8Si4. The first-order valence-corrected chi connectivity index (χ1v) is 25.8. The predicted molar refractivity (Wildman–Crippen MR) is 186 cm³/mol. The monoisotopic (exact) mass is 677 g/mol. The summed E-state index contributed by atoms with van der Waals surface area (Å²) in [5, 5.41) is 0. The van der Waals surface area contributed by atoms with Gasteiger partial charge in [0.2, 0.25) is 17.7 Å². The minimum Gasteiger partial charge on any atom is -0.462 e. The van der Waals surface area contributed by atoms with Crippen LogP contribution in [0, 0.1) is 0 Å². The third-order valence-electron chi connectivity index (χ3n) is 3.86. The van der Waals surface area contributed by atoms with E-state index >= 15 is 0 Å². The summed E-state index contributed by atoms with van der Waals surface area (Å²) in [5.74, 6) is -1.66. The van der Waals surface area contributed by atoms with Gasteiger partial charge in [0.1, 0.15) is 0 Å². The van der Waals surface area contributed by atoms with Crippen LogP contribution in [0.1, 0.15) is 34.1 Å². The summed E-state index contributed by atoms with van der Waals surface area (Å²) >= 11 is 0. The van der Waals surface area contributed by atoms with Crippen LogP contribution in [0.5, 0.6) is 0 Å². The zero-order chi connectivity index (χ0) is 35.6. The van der Waals surface area contributed by atoms with E-state index in [1.54, 1.807) is 27.7 Å². The summed E-state index contributed by atoms with van der Waals surface area (Å²) in [7, 11) is -8.40. The normalized spacial score (nSPS) is 11.1. The van der Waals surface area contributed by atoms with Crippen LogP contribution in [0.2, 0.25) is 65.0 Å². The maximum Gasteiger partial charge on any atom is 0.469 e. The molecule has 0 heterocycles. The molecule has 0 saturated heterocycles. The van der Waals surface area contributed by atoms with E-state index in [4.69, 9.17) is 34.3 Å². The van der Waals surface area contributed by atoms with E-state index in [1.165, 1.54) is 0 Å². The predicted octanol–water partition coefficient (Wildman–Crippen LogP) is 5.13. The zero-order valence-electron chi connectivity index (χ0n) is 28.9. The third-order valence-corrected chi connectivity index (χ3v) is 15.9. The van der Waals surface area contributed by atoms with Crippen LogP contribution >= 0.6 is 0 Å². The Hall–Kier alpha value is -2.41. The summed E-state index contributed by atoms with van der Waals surface area (Å²) in [5.41, 5.74) is 15.7. The lowest BCUT2D eigenvalue weighted by Crippen LogP contribution is -2.60. The second-order valence-corrected chi connectivity index (χ2v) is 29.8. The quantitative estimate of drug-likeness (QED) is 0.0978. The largest absolute Gasteiger partial charge is 0.469 e. The first-order valence-electron chi connectivity index (χ1n) is 13.7. The van der Waals surface area contributed by atoms with E-state index in [0.717, 1.165) is 0 Å². The van der Waals surface area contributed by atoms with Crippen molar-refractivity contribution in [2.45, 2.75) is 99.1 Å². The highest BCUT2D eigenvalue weighted by Gasteiger charge is 2.49. The number of esters is 1. The van der Waals surface area contributed by atoms with Gasteiger partial charge < -0.3 is 34.3 Å². The lowest BCUT2D eigenvalue weighted by molar-refractivity contribution is -0.139. The van der Waals surface area contributed by atoms with Crippen LogP contribution in [0.25, 0.3) is 0 Å². The first-order chi connectivity index (χ1) is 18.9. The number of nitrogens with two attached hydrogens (primary N) is 3. The van der Waals surface area contributed by atoms with Crippen LogP contribution in [-0.2, 0) is 36.3 Å². The molecule has 15 heteroatoms. The number of amides is 3. The van der Waals surface area contributed by atoms with Crippen molar-refractivity contribution in [1.82, 2.24) is 0 Å². The Bertz CT molecular complexity index is 862. The summed E-state index contributed by atoms with van der Waals surface area (Å²) in [6.45, 7) is 39.6. The van der Waals surface area contributed by atoms with E-state index in [2.05, 4.69) is 85.2 Å². The number of hydrogen-bond acceptors (Lipinski definition) is 8. The molecule has 0 aromatic heterocycles. The Kier molecular flexibility index (Phi) is 23.6. The minimum absolute atomic E-state index is 0.333. The molecule has 0 fully saturated rings. The van der Waals surface area contributed by atoms with Gasteiger partial charge in [-0.1, -0.05) is 26.3 Å². The van der Waals surface area contributed by atoms with Gasteiger partial charge in [0.15, 0.2) is 25.0 Å². The second kappa shape index (κ2) is 21.3. The number of ether oxygens (including phenoxy) is 1. The molecule has 0 bridgehead atoms. The van der Waals surface area contributed by atoms with Gasteiger partial charge in [0.25, 0.3) is 0 Å². The molecule has 0 radical (unpaired) electrons. The average Bonchev–Trinajstić information content (AvgIpc) is 2.73. The Morgan fingerprint density at radius 3 is 0.930 bits per heavy atom. The Morgan fingerprint density at radius 1 is 0.535 bits per heavy atom. The van der Waals surface area contributed by atoms with Crippen molar-refractivity contribution >= 4 is 57.4 Å². The van der Waals surface area contributed by atoms with Gasteiger partial charge in [-0.2, -0.15) is 0 Å². The average molecular weight is 678 g/mol. The van der Waals surface area contributed by atoms with Crippen LogP contribution < -0.4 is 17.2 Å². The van der Waals surface area contributed by atoms with Gasteiger partial charge in [0.05, 0.1) is 6.61 Å². The van der Waals surface area contributed by atoms with Gasteiger partial charge >= 0.3 is 14.8 Å². The smallest absolute Gasteiger partial charge is 0.462 e. The van der Waals surface area contributed by atoms with E-state index in [0.29, 0.717) is 41.4 Å². The van der Waals surface area contributed by atoms with E-state index in [1.807, 2.05) is 0 Å². The molecule has 250 valence electrons. The molecule has 0 saturated carbocycles. The third kappa shape index (κ3) is 35.7. The molecule has 0 atom stereocenters. The standard InChI is InChI=1S/C16H38O5Si4.3C4H7NO/c1-15(2)16(17)18-13-12-14-25(19-22(3,4)5,20-23(6,7)8)21-24(9,10)11;3*1-3(2)4(5)6/h1,12-14H2,2-11H3;3*1H2,2H3,(H2,5,6). The van der Waals surface area contributed by atoms with E-state index in [-0.39, 0.29) is 5.97 Å². The number of rotatable bonds is 14. The molecule has 0 aromatic carbocycles. The molecule has 0 aliphatic carbocycles. The number of primary amides is 3. The summed E-state index contributed by atoms with van der Waals surface area (Å²) in [6, 6.07) is 0.676. The Labute approximate surface area is 264 Å². The van der Waals surface area contributed by atoms with Gasteiger partial charge in [-0.3, -0.25) is 14.4 Å². The topological polar surface area (TPSA) is 183 Å². The molecule has 0 unspecified atom stereocenters. The fourth-order valence-electron chi connectivity index (χ4n) is 2.19. The van der Waals surface area contributed by atoms with Gasteiger partial charge in [-0.25, -0.2) is 4.79 Å². The lowest BCUT2D eigenvalue weighted by Gasteiger charge is -2.42. The lowest BCUT2D eigenvalue weighted by atomic mass is 10.3. The van der Waals surface area contributed by atoms with Crippen molar-refractivity contribution in [3.63, 3.8) is 0 Å². The summed E-state index contributed by atoms with van der Waals surface area (Å²) < 4.78 is 25.0. The Balaban J connectivity index is -0.000000339. The SMILES string of the molecule is C=C(C)C(=O)OCCC[Si](O[Si](C)(C)C)(O[Si](C)(C)C)O[Si](C)(C)C.C=C(C)C(N)=O.C=C(C)C(N)=O.C=C(C)C(N)=O.